The first-order chi connectivity index (χ1) is 12.3. The Bertz CT molecular complexity index is 867. The van der Waals surface area contributed by atoms with Crippen LogP contribution in [0.2, 0.25) is 0 Å². The Balaban J connectivity index is 1.87. The number of amides is 1. The maximum atomic E-state index is 13.0. The van der Waals surface area contributed by atoms with Gasteiger partial charge in [0.1, 0.15) is 11.5 Å². The van der Waals surface area contributed by atoms with Crippen molar-refractivity contribution in [3.05, 3.63) is 54.0 Å². The molecule has 0 aliphatic carbocycles. The van der Waals surface area contributed by atoms with Gasteiger partial charge in [-0.3, -0.25) is 4.79 Å². The summed E-state index contributed by atoms with van der Waals surface area (Å²) in [7, 11) is -3.21. The van der Waals surface area contributed by atoms with E-state index in [4.69, 9.17) is 4.42 Å². The maximum Gasteiger partial charge on any atom is 0.387 e. The number of furan rings is 1. The summed E-state index contributed by atoms with van der Waals surface area (Å²) in [4.78, 5) is 14.4. The summed E-state index contributed by atoms with van der Waals surface area (Å²) >= 11 is 0. The zero-order valence-electron chi connectivity index (χ0n) is 13.7. The lowest BCUT2D eigenvalue weighted by atomic mass is 10.1. The van der Waals surface area contributed by atoms with E-state index in [0.717, 1.165) is 0 Å². The molecule has 140 valence electrons. The fraction of sp³-hybridized carbons (Fsp3) is 0.353. The van der Waals surface area contributed by atoms with Crippen molar-refractivity contribution in [1.29, 1.82) is 0 Å². The van der Waals surface area contributed by atoms with E-state index in [-0.39, 0.29) is 29.4 Å². The summed E-state index contributed by atoms with van der Waals surface area (Å²) in [5.41, 5.74) is 0.138. The maximum absolute atomic E-state index is 13.0. The highest BCUT2D eigenvalue weighted by atomic mass is 32.2. The first-order valence-electron chi connectivity index (χ1n) is 7.93. The van der Waals surface area contributed by atoms with Gasteiger partial charge in [-0.25, -0.2) is 8.42 Å². The number of benzene rings is 1. The lowest BCUT2D eigenvalue weighted by Crippen LogP contribution is -2.40. The summed E-state index contributed by atoms with van der Waals surface area (Å²) in [6, 6.07) is 8.28. The lowest BCUT2D eigenvalue weighted by Gasteiger charge is -2.27. The molecule has 1 aliphatic rings. The molecule has 1 atom stereocenters. The van der Waals surface area contributed by atoms with Crippen molar-refractivity contribution in [1.82, 2.24) is 4.90 Å². The van der Waals surface area contributed by atoms with Crippen LogP contribution in [0.5, 0.6) is 5.75 Å². The molecular weight excluding hydrogens is 368 g/mol. The van der Waals surface area contributed by atoms with Crippen LogP contribution < -0.4 is 4.74 Å². The average molecular weight is 385 g/mol. The van der Waals surface area contributed by atoms with E-state index >= 15 is 0 Å². The second-order valence-corrected chi connectivity index (χ2v) is 8.20. The topological polar surface area (TPSA) is 76.8 Å². The van der Waals surface area contributed by atoms with Crippen molar-refractivity contribution in [3.63, 3.8) is 0 Å². The number of sulfone groups is 1. The number of carbonyl (C=O) groups is 1. The Morgan fingerprint density at radius 2 is 2.12 bits per heavy atom. The Morgan fingerprint density at radius 3 is 2.73 bits per heavy atom. The van der Waals surface area contributed by atoms with Crippen LogP contribution in [0.25, 0.3) is 0 Å². The van der Waals surface area contributed by atoms with E-state index in [1.54, 1.807) is 12.1 Å². The number of ether oxygens (including phenoxy) is 1. The van der Waals surface area contributed by atoms with Gasteiger partial charge in [0, 0.05) is 11.6 Å². The Labute approximate surface area is 149 Å². The Hall–Kier alpha value is -2.42. The summed E-state index contributed by atoms with van der Waals surface area (Å²) < 4.78 is 58.0. The lowest BCUT2D eigenvalue weighted by molar-refractivity contribution is -0.0499. The van der Waals surface area contributed by atoms with Crippen LogP contribution in [0.1, 0.15) is 22.5 Å². The minimum Gasteiger partial charge on any atom is -0.467 e. The van der Waals surface area contributed by atoms with Gasteiger partial charge in [0.25, 0.3) is 5.91 Å². The van der Waals surface area contributed by atoms with E-state index in [2.05, 4.69) is 4.74 Å². The fourth-order valence-corrected chi connectivity index (χ4v) is 4.66. The summed E-state index contributed by atoms with van der Waals surface area (Å²) in [5, 5.41) is 0. The van der Waals surface area contributed by atoms with Crippen molar-refractivity contribution < 1.29 is 31.1 Å². The quantitative estimate of drug-likeness (QED) is 0.764. The third-order valence-corrected chi connectivity index (χ3v) is 5.87. The number of halogens is 2. The highest BCUT2D eigenvalue weighted by Gasteiger charge is 2.35. The second kappa shape index (κ2) is 7.45. The van der Waals surface area contributed by atoms with Crippen LogP contribution in [-0.2, 0) is 16.4 Å². The molecule has 1 aromatic heterocycles. The van der Waals surface area contributed by atoms with E-state index < -0.39 is 28.4 Å². The van der Waals surface area contributed by atoms with Crippen molar-refractivity contribution in [2.45, 2.75) is 25.6 Å². The van der Waals surface area contributed by atoms with Crippen LogP contribution in [0.4, 0.5) is 8.78 Å². The molecule has 0 N–H and O–H groups in total. The molecule has 2 heterocycles. The fourth-order valence-electron chi connectivity index (χ4n) is 2.93. The molecule has 1 fully saturated rings. The van der Waals surface area contributed by atoms with Gasteiger partial charge in [0.05, 0.1) is 24.3 Å². The molecule has 0 unspecified atom stereocenters. The first-order valence-corrected chi connectivity index (χ1v) is 9.75. The predicted molar refractivity (Wildman–Crippen MR) is 88.7 cm³/mol. The summed E-state index contributed by atoms with van der Waals surface area (Å²) in [5.74, 6) is -0.227. The first kappa shape index (κ1) is 18.4. The van der Waals surface area contributed by atoms with Gasteiger partial charge in [0.15, 0.2) is 9.84 Å². The normalized spacial score (nSPS) is 18.8. The highest BCUT2D eigenvalue weighted by molar-refractivity contribution is 7.91. The summed E-state index contributed by atoms with van der Waals surface area (Å²) in [6.07, 6.45) is 1.78. The molecule has 1 aliphatic heterocycles. The minimum atomic E-state index is -3.21. The van der Waals surface area contributed by atoms with Crippen molar-refractivity contribution in [3.8, 4) is 5.75 Å². The van der Waals surface area contributed by atoms with Crippen LogP contribution in [0.3, 0.4) is 0 Å². The number of nitrogens with zero attached hydrogens (tertiary/aromatic N) is 1. The van der Waals surface area contributed by atoms with Gasteiger partial charge < -0.3 is 14.1 Å². The number of hydrogen-bond acceptors (Lipinski definition) is 5. The van der Waals surface area contributed by atoms with E-state index in [9.17, 15) is 22.0 Å². The molecule has 0 bridgehead atoms. The molecule has 1 amide bonds. The number of hydrogen-bond donors (Lipinski definition) is 0. The van der Waals surface area contributed by atoms with Crippen molar-refractivity contribution in [2.75, 3.05) is 11.5 Å². The van der Waals surface area contributed by atoms with Crippen LogP contribution in [0, 0.1) is 0 Å². The SMILES string of the molecule is O=C(c1cccc(OC(F)F)c1)N(Cc1ccco1)[C@@H]1CCS(=O)(=O)C1. The van der Waals surface area contributed by atoms with Gasteiger partial charge in [-0.05, 0) is 36.8 Å². The van der Waals surface area contributed by atoms with E-state index in [0.29, 0.717) is 12.2 Å². The van der Waals surface area contributed by atoms with Crippen LogP contribution in [-0.4, -0.2) is 43.4 Å². The number of alkyl halides is 2. The second-order valence-electron chi connectivity index (χ2n) is 5.98. The molecule has 9 heteroatoms. The van der Waals surface area contributed by atoms with Gasteiger partial charge >= 0.3 is 6.61 Å². The molecule has 26 heavy (non-hydrogen) atoms. The Morgan fingerprint density at radius 1 is 1.31 bits per heavy atom. The van der Waals surface area contributed by atoms with E-state index in [1.807, 2.05) is 0 Å². The minimum absolute atomic E-state index is 0.00807. The molecule has 0 saturated carbocycles. The van der Waals surface area contributed by atoms with Crippen molar-refractivity contribution in [2.24, 2.45) is 0 Å². The predicted octanol–water partition coefficient (Wildman–Crippen LogP) is 2.71. The monoisotopic (exact) mass is 385 g/mol. The molecule has 6 nitrogen and oxygen atoms in total. The van der Waals surface area contributed by atoms with E-state index in [1.165, 1.54) is 35.4 Å². The molecule has 0 spiro atoms. The van der Waals surface area contributed by atoms with Gasteiger partial charge in [0.2, 0.25) is 0 Å². The third-order valence-electron chi connectivity index (χ3n) is 4.12. The third kappa shape index (κ3) is 4.40. The molecular formula is C17H17F2NO5S. The average Bonchev–Trinajstić information content (AvgIpc) is 3.21. The molecule has 1 saturated heterocycles. The molecule has 0 radical (unpaired) electrons. The number of carbonyl (C=O) groups excluding carboxylic acids is 1. The molecule has 3 rings (SSSR count). The zero-order chi connectivity index (χ0) is 18.7. The zero-order valence-corrected chi connectivity index (χ0v) is 14.5. The number of rotatable bonds is 6. The van der Waals surface area contributed by atoms with Crippen LogP contribution in [0.15, 0.2) is 47.1 Å². The largest absolute Gasteiger partial charge is 0.467 e. The Kier molecular flexibility index (Phi) is 5.26. The highest BCUT2D eigenvalue weighted by Crippen LogP contribution is 2.24. The molecule has 2 aromatic rings. The van der Waals surface area contributed by atoms with Gasteiger partial charge in [-0.15, -0.1) is 0 Å². The molecule has 1 aromatic carbocycles. The van der Waals surface area contributed by atoms with Crippen LogP contribution >= 0.6 is 0 Å². The van der Waals surface area contributed by atoms with Crippen molar-refractivity contribution >= 4 is 15.7 Å². The smallest absolute Gasteiger partial charge is 0.387 e. The van der Waals surface area contributed by atoms with Gasteiger partial charge in [-0.2, -0.15) is 8.78 Å². The summed E-state index contributed by atoms with van der Waals surface area (Å²) in [6.45, 7) is -2.91. The van der Waals surface area contributed by atoms with Gasteiger partial charge in [-0.1, -0.05) is 6.07 Å². The standard InChI is InChI=1S/C17H17F2NO5S/c18-17(19)25-14-4-1-3-12(9-14)16(21)20(10-15-5-2-7-24-15)13-6-8-26(22,23)11-13/h1-5,7,9,13,17H,6,8,10-11H2/t13-/m1/s1.